The van der Waals surface area contributed by atoms with Crippen molar-refractivity contribution in [1.82, 2.24) is 4.98 Å². The lowest BCUT2D eigenvalue weighted by Crippen LogP contribution is -2.53. The third kappa shape index (κ3) is 4.39. The topological polar surface area (TPSA) is 81.0 Å². The number of carbonyl (C=O) groups excluding carboxylic acids is 1. The maximum atomic E-state index is 12.5. The van der Waals surface area contributed by atoms with Gasteiger partial charge in [-0.3, -0.25) is 4.98 Å². The average molecular weight is 463 g/mol. The molecule has 180 valence electrons. The van der Waals surface area contributed by atoms with Crippen LogP contribution in [0.5, 0.6) is 0 Å². The molecular formula is C28H34N2O4. The van der Waals surface area contributed by atoms with Crippen LogP contribution in [0.15, 0.2) is 53.8 Å². The third-order valence-electron chi connectivity index (χ3n) is 7.57. The van der Waals surface area contributed by atoms with E-state index in [4.69, 9.17) is 9.57 Å². The predicted octanol–water partition coefficient (Wildman–Crippen LogP) is 5.11. The fraction of sp³-hybridized carbons (Fsp3) is 0.464. The van der Waals surface area contributed by atoms with Crippen molar-refractivity contribution in [1.29, 1.82) is 0 Å². The highest BCUT2D eigenvalue weighted by Crippen LogP contribution is 2.52. The maximum absolute atomic E-state index is 12.5. The zero-order valence-electron chi connectivity index (χ0n) is 20.6. The molecule has 1 saturated carbocycles. The van der Waals surface area contributed by atoms with Crippen molar-refractivity contribution in [3.8, 4) is 11.1 Å². The summed E-state index contributed by atoms with van der Waals surface area (Å²) in [5.74, 6) is -0.0675. The number of hydrogen-bond donors (Lipinski definition) is 1. The van der Waals surface area contributed by atoms with Crippen molar-refractivity contribution in [2.45, 2.75) is 52.2 Å². The van der Waals surface area contributed by atoms with Crippen molar-refractivity contribution >= 4 is 17.8 Å². The first kappa shape index (κ1) is 24.1. The molecule has 0 spiro atoms. The Morgan fingerprint density at radius 1 is 1.29 bits per heavy atom. The van der Waals surface area contributed by atoms with Crippen molar-refractivity contribution in [3.05, 3.63) is 59.9 Å². The van der Waals surface area contributed by atoms with Gasteiger partial charge in [-0.15, -0.1) is 0 Å². The number of pyridine rings is 1. The number of allylic oxidation sites excluding steroid dienone is 1. The van der Waals surface area contributed by atoms with Crippen LogP contribution in [0, 0.1) is 23.7 Å². The summed E-state index contributed by atoms with van der Waals surface area (Å²) in [4.78, 5) is 22.0. The van der Waals surface area contributed by atoms with E-state index < -0.39 is 11.6 Å². The van der Waals surface area contributed by atoms with E-state index >= 15 is 0 Å². The first-order valence-electron chi connectivity index (χ1n) is 12.0. The highest BCUT2D eigenvalue weighted by molar-refractivity contribution is 5.99. The second kappa shape index (κ2) is 9.71. The minimum absolute atomic E-state index is 0.0430. The van der Waals surface area contributed by atoms with Crippen molar-refractivity contribution in [2.24, 2.45) is 28.8 Å². The summed E-state index contributed by atoms with van der Waals surface area (Å²) in [6.07, 6.45) is 7.15. The molecule has 4 rings (SSSR count). The monoisotopic (exact) mass is 462 g/mol. The molecule has 2 aliphatic rings. The Morgan fingerprint density at radius 2 is 2.09 bits per heavy atom. The van der Waals surface area contributed by atoms with Crippen molar-refractivity contribution < 1.29 is 19.5 Å². The normalized spacial score (nSPS) is 31.4. The molecule has 0 bridgehead atoms. The lowest BCUT2D eigenvalue weighted by Gasteiger charge is -2.45. The lowest BCUT2D eigenvalue weighted by molar-refractivity contribution is -0.160. The van der Waals surface area contributed by atoms with Gasteiger partial charge in [-0.2, -0.15) is 0 Å². The molecule has 34 heavy (non-hydrogen) atoms. The van der Waals surface area contributed by atoms with Crippen LogP contribution in [0.4, 0.5) is 0 Å². The van der Waals surface area contributed by atoms with Crippen LogP contribution in [0.1, 0.15) is 51.8 Å². The summed E-state index contributed by atoms with van der Waals surface area (Å²) in [5, 5.41) is 15.2. The molecule has 1 aromatic carbocycles. The molecule has 2 heterocycles. The molecule has 0 amide bonds. The third-order valence-corrected chi connectivity index (χ3v) is 7.57. The SMILES string of the molecule is CCC1C(C)CC2(O)C(=O)O[C@H](C)C2C1/C=C/c1ccc(-c2cccc(/C(C)=N\OC)c2)cn1. The molecule has 1 aromatic heterocycles. The summed E-state index contributed by atoms with van der Waals surface area (Å²) < 4.78 is 5.49. The van der Waals surface area contributed by atoms with E-state index in [1.54, 1.807) is 7.11 Å². The molecule has 5 unspecified atom stereocenters. The summed E-state index contributed by atoms with van der Waals surface area (Å²) in [6, 6.07) is 12.2. The number of fused-ring (bicyclic) bond motifs is 1. The number of carbonyl (C=O) groups is 1. The molecule has 6 heteroatoms. The Balaban J connectivity index is 1.57. The highest BCUT2D eigenvalue weighted by Gasteiger charge is 2.62. The molecular weight excluding hydrogens is 428 g/mol. The Morgan fingerprint density at radius 3 is 2.76 bits per heavy atom. The van der Waals surface area contributed by atoms with Crippen molar-refractivity contribution in [3.63, 3.8) is 0 Å². The first-order chi connectivity index (χ1) is 16.3. The van der Waals surface area contributed by atoms with Crippen LogP contribution in [0.25, 0.3) is 17.2 Å². The smallest absolute Gasteiger partial charge is 0.338 e. The molecule has 2 aromatic rings. The fourth-order valence-electron chi connectivity index (χ4n) is 5.94. The number of aromatic nitrogens is 1. The molecule has 1 N–H and O–H groups in total. The summed E-state index contributed by atoms with van der Waals surface area (Å²) in [7, 11) is 1.54. The summed E-state index contributed by atoms with van der Waals surface area (Å²) in [5.41, 5.74) is 3.32. The van der Waals surface area contributed by atoms with Crippen LogP contribution >= 0.6 is 0 Å². The zero-order chi connectivity index (χ0) is 24.5. The molecule has 6 atom stereocenters. The zero-order valence-corrected chi connectivity index (χ0v) is 20.6. The van der Waals surface area contributed by atoms with Gasteiger partial charge < -0.3 is 14.7 Å². The summed E-state index contributed by atoms with van der Waals surface area (Å²) in [6.45, 7) is 8.11. The molecule has 2 fully saturated rings. The number of rotatable bonds is 6. The number of nitrogens with zero attached hydrogens (tertiary/aromatic N) is 2. The Kier molecular flexibility index (Phi) is 6.89. The number of hydrogen-bond acceptors (Lipinski definition) is 6. The number of oxime groups is 1. The van der Waals surface area contributed by atoms with E-state index in [0.717, 1.165) is 34.5 Å². The van der Waals surface area contributed by atoms with Gasteiger partial charge in [0.15, 0.2) is 5.60 Å². The molecule has 0 radical (unpaired) electrons. The largest absolute Gasteiger partial charge is 0.460 e. The molecule has 1 aliphatic carbocycles. The van der Waals surface area contributed by atoms with E-state index in [1.165, 1.54) is 0 Å². The molecule has 1 aliphatic heterocycles. The van der Waals surface area contributed by atoms with Gasteiger partial charge in [0.25, 0.3) is 0 Å². The molecule has 6 nitrogen and oxygen atoms in total. The standard InChI is InChI=1S/C28H34N2O4/c1-6-24-17(2)15-28(32)26(19(4)34-27(28)31)25(24)13-12-23-11-10-22(16-29-23)21-9-7-8-20(14-21)18(3)30-33-5/h7-14,16-17,19,24-26,32H,6,15H2,1-5H3/b13-12+,30-18-/t17?,19-,24?,25?,26?,28?/m1/s1. The van der Waals surface area contributed by atoms with E-state index in [1.807, 2.05) is 50.4 Å². The van der Waals surface area contributed by atoms with E-state index in [0.29, 0.717) is 12.3 Å². The van der Waals surface area contributed by atoms with Gasteiger partial charge in [0.2, 0.25) is 0 Å². The average Bonchev–Trinajstić information content (AvgIpc) is 3.05. The minimum atomic E-state index is -1.40. The lowest BCUT2D eigenvalue weighted by atomic mass is 9.59. The van der Waals surface area contributed by atoms with Crippen LogP contribution < -0.4 is 0 Å². The number of aliphatic hydroxyl groups is 1. The Labute approximate surface area is 201 Å². The van der Waals surface area contributed by atoms with Gasteiger partial charge in [-0.05, 0) is 67.4 Å². The predicted molar refractivity (Wildman–Crippen MR) is 133 cm³/mol. The Hall–Kier alpha value is -2.99. The summed E-state index contributed by atoms with van der Waals surface area (Å²) >= 11 is 0. The number of ether oxygens (including phenoxy) is 1. The minimum Gasteiger partial charge on any atom is -0.460 e. The molecule has 1 saturated heterocycles. The van der Waals surface area contributed by atoms with Gasteiger partial charge >= 0.3 is 5.97 Å². The second-order valence-electron chi connectivity index (χ2n) is 9.66. The van der Waals surface area contributed by atoms with Gasteiger partial charge in [0.1, 0.15) is 13.2 Å². The van der Waals surface area contributed by atoms with Gasteiger partial charge in [0, 0.05) is 17.7 Å². The Bertz CT molecular complexity index is 1090. The van der Waals surface area contributed by atoms with Gasteiger partial charge in [-0.25, -0.2) is 4.79 Å². The van der Waals surface area contributed by atoms with Gasteiger partial charge in [0.05, 0.1) is 11.4 Å². The number of benzene rings is 1. The fourth-order valence-corrected chi connectivity index (χ4v) is 5.94. The van der Waals surface area contributed by atoms with Gasteiger partial charge in [-0.1, -0.05) is 55.8 Å². The van der Waals surface area contributed by atoms with E-state index in [-0.39, 0.29) is 23.9 Å². The quantitative estimate of drug-likeness (QED) is 0.367. The van der Waals surface area contributed by atoms with Crippen LogP contribution in [-0.2, 0) is 14.4 Å². The van der Waals surface area contributed by atoms with E-state index in [2.05, 4.69) is 42.2 Å². The van der Waals surface area contributed by atoms with Crippen LogP contribution in [0.3, 0.4) is 0 Å². The van der Waals surface area contributed by atoms with Crippen LogP contribution in [0.2, 0.25) is 0 Å². The van der Waals surface area contributed by atoms with Crippen molar-refractivity contribution in [2.75, 3.05) is 7.11 Å². The van der Waals surface area contributed by atoms with E-state index in [9.17, 15) is 9.90 Å². The second-order valence-corrected chi connectivity index (χ2v) is 9.66. The van der Waals surface area contributed by atoms with Crippen LogP contribution in [-0.4, -0.2) is 40.6 Å². The number of esters is 1. The number of cyclic esters (lactones) is 1. The first-order valence-corrected chi connectivity index (χ1v) is 12.0. The highest BCUT2D eigenvalue weighted by atomic mass is 16.6. The maximum Gasteiger partial charge on any atom is 0.338 e.